The number of sulfonamides is 1. The molecule has 8 heteroatoms. The predicted octanol–water partition coefficient (Wildman–Crippen LogP) is 4.97. The third kappa shape index (κ3) is 4.34. The average Bonchev–Trinajstić information content (AvgIpc) is 3.07. The van der Waals surface area contributed by atoms with Crippen LogP contribution < -0.4 is 10.0 Å². The molecule has 1 heterocycles. The largest absolute Gasteiger partial charge is 0.322 e. The summed E-state index contributed by atoms with van der Waals surface area (Å²) in [6.07, 6.45) is 0. The van der Waals surface area contributed by atoms with Crippen molar-refractivity contribution >= 4 is 48.9 Å². The molecular formula is C22H19N3O3S2. The molecule has 0 fully saturated rings. The van der Waals surface area contributed by atoms with Gasteiger partial charge in [0.1, 0.15) is 0 Å². The predicted molar refractivity (Wildman–Crippen MR) is 121 cm³/mol. The SMILES string of the molecule is Cc1ccc(S(=O)(=O)Nc2cccc(C(=O)Nc3ccc4nc(C)sc4c3)c2)cc1. The molecule has 0 unspecified atom stereocenters. The van der Waals surface area contributed by atoms with Gasteiger partial charge in [0.15, 0.2) is 0 Å². The lowest BCUT2D eigenvalue weighted by Crippen LogP contribution is -2.15. The maximum Gasteiger partial charge on any atom is 0.261 e. The zero-order valence-electron chi connectivity index (χ0n) is 16.3. The first-order valence-corrected chi connectivity index (χ1v) is 11.5. The van der Waals surface area contributed by atoms with Crippen molar-refractivity contribution < 1.29 is 13.2 Å². The summed E-state index contributed by atoms with van der Waals surface area (Å²) in [6.45, 7) is 3.83. The summed E-state index contributed by atoms with van der Waals surface area (Å²) in [6, 6.07) is 18.5. The van der Waals surface area contributed by atoms with E-state index in [0.717, 1.165) is 20.8 Å². The molecule has 6 nitrogen and oxygen atoms in total. The molecule has 0 bridgehead atoms. The fraction of sp³-hybridized carbons (Fsp3) is 0.0909. The van der Waals surface area contributed by atoms with E-state index in [4.69, 9.17) is 0 Å². The molecule has 0 aliphatic rings. The highest BCUT2D eigenvalue weighted by Crippen LogP contribution is 2.25. The number of anilines is 2. The summed E-state index contributed by atoms with van der Waals surface area (Å²) in [7, 11) is -3.74. The number of nitrogens with one attached hydrogen (secondary N) is 2. The number of thiazole rings is 1. The van der Waals surface area contributed by atoms with Gasteiger partial charge in [0.25, 0.3) is 15.9 Å². The van der Waals surface area contributed by atoms with Crippen molar-refractivity contribution in [3.8, 4) is 0 Å². The van der Waals surface area contributed by atoms with E-state index < -0.39 is 10.0 Å². The zero-order valence-corrected chi connectivity index (χ0v) is 18.0. The summed E-state index contributed by atoms with van der Waals surface area (Å²) in [5.74, 6) is -0.327. The van der Waals surface area contributed by atoms with Gasteiger partial charge in [0.05, 0.1) is 20.1 Å². The summed E-state index contributed by atoms with van der Waals surface area (Å²) >= 11 is 1.56. The third-order valence-electron chi connectivity index (χ3n) is 4.46. The van der Waals surface area contributed by atoms with Gasteiger partial charge < -0.3 is 5.32 Å². The first-order chi connectivity index (χ1) is 14.3. The van der Waals surface area contributed by atoms with E-state index in [1.807, 2.05) is 26.0 Å². The van der Waals surface area contributed by atoms with E-state index >= 15 is 0 Å². The molecule has 2 N–H and O–H groups in total. The topological polar surface area (TPSA) is 88.2 Å². The smallest absolute Gasteiger partial charge is 0.261 e. The number of hydrogen-bond donors (Lipinski definition) is 2. The van der Waals surface area contributed by atoms with Crippen LogP contribution in [-0.2, 0) is 10.0 Å². The lowest BCUT2D eigenvalue weighted by molar-refractivity contribution is 0.102. The number of fused-ring (bicyclic) bond motifs is 1. The number of benzene rings is 3. The minimum Gasteiger partial charge on any atom is -0.322 e. The minimum absolute atomic E-state index is 0.163. The molecule has 0 atom stereocenters. The van der Waals surface area contributed by atoms with E-state index in [-0.39, 0.29) is 10.8 Å². The van der Waals surface area contributed by atoms with Crippen LogP contribution in [0.2, 0.25) is 0 Å². The zero-order chi connectivity index (χ0) is 21.3. The summed E-state index contributed by atoms with van der Waals surface area (Å²) in [4.78, 5) is 17.3. The van der Waals surface area contributed by atoms with Gasteiger partial charge in [-0.25, -0.2) is 13.4 Å². The van der Waals surface area contributed by atoms with Crippen molar-refractivity contribution in [3.05, 3.63) is 82.9 Å². The number of carbonyl (C=O) groups excluding carboxylic acids is 1. The molecule has 3 aromatic carbocycles. The Bertz CT molecular complexity index is 1340. The van der Waals surface area contributed by atoms with Crippen LogP contribution in [0.3, 0.4) is 0 Å². The Morgan fingerprint density at radius 1 is 0.933 bits per heavy atom. The second-order valence-electron chi connectivity index (χ2n) is 6.87. The Morgan fingerprint density at radius 2 is 1.70 bits per heavy atom. The van der Waals surface area contributed by atoms with Gasteiger partial charge in [0.2, 0.25) is 0 Å². The molecule has 1 aromatic heterocycles. The summed E-state index contributed by atoms with van der Waals surface area (Å²) in [5.41, 5.74) is 3.18. The van der Waals surface area contributed by atoms with Gasteiger partial charge in [-0.3, -0.25) is 9.52 Å². The third-order valence-corrected chi connectivity index (χ3v) is 6.79. The minimum atomic E-state index is -3.74. The number of nitrogens with zero attached hydrogens (tertiary/aromatic N) is 1. The fourth-order valence-electron chi connectivity index (χ4n) is 2.98. The molecule has 30 heavy (non-hydrogen) atoms. The number of aromatic nitrogens is 1. The molecule has 152 valence electrons. The number of carbonyl (C=O) groups is 1. The van der Waals surface area contributed by atoms with Crippen LogP contribution in [0.15, 0.2) is 71.6 Å². The second kappa shape index (κ2) is 7.89. The van der Waals surface area contributed by atoms with Crippen molar-refractivity contribution in [2.45, 2.75) is 18.7 Å². The molecule has 0 aliphatic heterocycles. The van der Waals surface area contributed by atoms with Gasteiger partial charge in [0, 0.05) is 16.9 Å². The number of rotatable bonds is 5. The summed E-state index contributed by atoms with van der Waals surface area (Å²) in [5, 5.41) is 3.81. The van der Waals surface area contributed by atoms with Crippen LogP contribution in [0.4, 0.5) is 11.4 Å². The van der Waals surface area contributed by atoms with Crippen LogP contribution in [0, 0.1) is 13.8 Å². The van der Waals surface area contributed by atoms with Crippen LogP contribution in [-0.4, -0.2) is 19.3 Å². The highest BCUT2D eigenvalue weighted by molar-refractivity contribution is 7.92. The first kappa shape index (κ1) is 20.1. The fourth-order valence-corrected chi connectivity index (χ4v) is 4.89. The van der Waals surface area contributed by atoms with Gasteiger partial charge in [-0.15, -0.1) is 11.3 Å². The van der Waals surface area contributed by atoms with Gasteiger partial charge in [-0.2, -0.15) is 0 Å². The molecule has 0 saturated carbocycles. The molecule has 0 radical (unpaired) electrons. The molecule has 0 spiro atoms. The monoisotopic (exact) mass is 437 g/mol. The number of hydrogen-bond acceptors (Lipinski definition) is 5. The number of aryl methyl sites for hydroxylation is 2. The van der Waals surface area contributed by atoms with Crippen molar-refractivity contribution in [2.24, 2.45) is 0 Å². The quantitative estimate of drug-likeness (QED) is 0.462. The Labute approximate surface area is 178 Å². The van der Waals surface area contributed by atoms with Gasteiger partial charge >= 0.3 is 0 Å². The highest BCUT2D eigenvalue weighted by Gasteiger charge is 2.15. The van der Waals surface area contributed by atoms with E-state index in [0.29, 0.717) is 16.9 Å². The highest BCUT2D eigenvalue weighted by atomic mass is 32.2. The van der Waals surface area contributed by atoms with E-state index in [9.17, 15) is 13.2 Å². The molecule has 4 rings (SSSR count). The standard InChI is InChI=1S/C22H19N3O3S2/c1-14-6-9-19(10-7-14)30(27,28)25-18-5-3-4-16(12-18)22(26)24-17-8-11-20-21(13-17)29-15(2)23-20/h3-13,25H,1-2H3,(H,24,26). The molecule has 0 aliphatic carbocycles. The lowest BCUT2D eigenvalue weighted by Gasteiger charge is -2.10. The molecule has 0 saturated heterocycles. The van der Waals surface area contributed by atoms with Crippen LogP contribution >= 0.6 is 11.3 Å². The Hall–Kier alpha value is -3.23. The normalized spacial score (nSPS) is 11.4. The Kier molecular flexibility index (Phi) is 5.27. The van der Waals surface area contributed by atoms with E-state index in [1.54, 1.807) is 59.9 Å². The van der Waals surface area contributed by atoms with Crippen LogP contribution in [0.5, 0.6) is 0 Å². The average molecular weight is 438 g/mol. The van der Waals surface area contributed by atoms with Crippen molar-refractivity contribution in [1.82, 2.24) is 4.98 Å². The van der Waals surface area contributed by atoms with Crippen molar-refractivity contribution in [1.29, 1.82) is 0 Å². The van der Waals surface area contributed by atoms with Gasteiger partial charge in [-0.1, -0.05) is 23.8 Å². The molecular weight excluding hydrogens is 418 g/mol. The van der Waals surface area contributed by atoms with Crippen molar-refractivity contribution in [2.75, 3.05) is 10.0 Å². The molecule has 1 amide bonds. The van der Waals surface area contributed by atoms with Crippen molar-refractivity contribution in [3.63, 3.8) is 0 Å². The number of amides is 1. The maximum absolute atomic E-state index is 12.7. The Balaban J connectivity index is 1.53. The first-order valence-electron chi connectivity index (χ1n) is 9.18. The lowest BCUT2D eigenvalue weighted by atomic mass is 10.2. The second-order valence-corrected chi connectivity index (χ2v) is 9.79. The van der Waals surface area contributed by atoms with E-state index in [2.05, 4.69) is 15.0 Å². The maximum atomic E-state index is 12.7. The van der Waals surface area contributed by atoms with Gasteiger partial charge in [-0.05, 0) is 62.4 Å². The van der Waals surface area contributed by atoms with Crippen LogP contribution in [0.1, 0.15) is 20.9 Å². The van der Waals surface area contributed by atoms with Crippen LogP contribution in [0.25, 0.3) is 10.2 Å². The molecule has 4 aromatic rings. The Morgan fingerprint density at radius 3 is 2.47 bits per heavy atom. The summed E-state index contributed by atoms with van der Waals surface area (Å²) < 4.78 is 28.7. The van der Waals surface area contributed by atoms with E-state index in [1.165, 1.54) is 6.07 Å².